The normalized spacial score (nSPS) is 14.8. The van der Waals surface area contributed by atoms with Gasteiger partial charge in [-0.25, -0.2) is 12.6 Å². The SMILES string of the molecule is C.C.Cc1ccc(C(C)S(C)(=O)=NC#N)cn1.Cc1ccc(C(C)S(C)(=O)=NC#N)cn1.Cc1ccc(CS(C)(=O)=NC#N)cn1. The molecule has 0 fully saturated rings. The molecule has 0 aromatic carbocycles. The number of nitrogens with zero attached hydrogens (tertiary/aromatic N) is 9. The van der Waals surface area contributed by atoms with Crippen LogP contribution < -0.4 is 0 Å². The number of hydrogen-bond donors (Lipinski definition) is 0. The van der Waals surface area contributed by atoms with Gasteiger partial charge in [0.1, 0.15) is 0 Å². The fraction of sp³-hybridized carbons (Fsp3) is 0.419. The molecule has 3 rings (SSSR count). The Labute approximate surface area is 276 Å². The molecular formula is C31H45N9O3S3. The summed E-state index contributed by atoms with van der Waals surface area (Å²) in [5.41, 5.74) is 5.24. The van der Waals surface area contributed by atoms with E-state index in [0.29, 0.717) is 0 Å². The van der Waals surface area contributed by atoms with Crippen molar-refractivity contribution in [3.63, 3.8) is 0 Å². The Hall–Kier alpha value is -4.23. The van der Waals surface area contributed by atoms with E-state index in [2.05, 4.69) is 28.0 Å². The largest absolute Gasteiger partial charge is 0.261 e. The minimum atomic E-state index is -2.50. The fourth-order valence-corrected chi connectivity index (χ4v) is 6.23. The van der Waals surface area contributed by atoms with E-state index < -0.39 is 29.2 Å². The van der Waals surface area contributed by atoms with Gasteiger partial charge in [-0.05, 0) is 69.5 Å². The van der Waals surface area contributed by atoms with Crippen LogP contribution in [0.2, 0.25) is 0 Å². The van der Waals surface area contributed by atoms with E-state index in [1.165, 1.54) is 18.8 Å². The van der Waals surface area contributed by atoms with Crippen LogP contribution in [0.5, 0.6) is 0 Å². The van der Waals surface area contributed by atoms with Crippen LogP contribution in [0.15, 0.2) is 68.1 Å². The molecule has 3 heterocycles. The highest BCUT2D eigenvalue weighted by Crippen LogP contribution is 2.23. The molecule has 0 amide bonds. The van der Waals surface area contributed by atoms with Crippen LogP contribution in [-0.4, -0.2) is 46.3 Å². The average molecular weight is 688 g/mol. The van der Waals surface area contributed by atoms with E-state index >= 15 is 0 Å². The first kappa shape index (κ1) is 43.9. The first-order valence-corrected chi connectivity index (χ1v) is 19.1. The third-order valence-electron chi connectivity index (χ3n) is 6.20. The molecule has 12 nitrogen and oxygen atoms in total. The van der Waals surface area contributed by atoms with E-state index in [1.54, 1.807) is 51.0 Å². The van der Waals surface area contributed by atoms with Gasteiger partial charge in [0.05, 0.1) is 45.4 Å². The molecule has 0 bridgehead atoms. The van der Waals surface area contributed by atoms with Gasteiger partial charge in [-0.1, -0.05) is 33.1 Å². The molecule has 5 atom stereocenters. The van der Waals surface area contributed by atoms with Crippen LogP contribution in [0.25, 0.3) is 0 Å². The predicted octanol–water partition coefficient (Wildman–Crippen LogP) is 6.80. The fourth-order valence-electron chi connectivity index (χ4n) is 3.28. The Morgan fingerprint density at radius 1 is 0.630 bits per heavy atom. The van der Waals surface area contributed by atoms with Crippen molar-refractivity contribution in [1.29, 1.82) is 15.8 Å². The van der Waals surface area contributed by atoms with E-state index in [1.807, 2.05) is 57.2 Å². The van der Waals surface area contributed by atoms with E-state index in [9.17, 15) is 12.6 Å². The number of nitriles is 3. The van der Waals surface area contributed by atoms with Gasteiger partial charge in [-0.15, -0.1) is 13.1 Å². The van der Waals surface area contributed by atoms with Crippen molar-refractivity contribution in [2.24, 2.45) is 13.1 Å². The minimum absolute atomic E-state index is 0. The van der Waals surface area contributed by atoms with Crippen molar-refractivity contribution in [2.45, 2.75) is 65.7 Å². The highest BCUT2D eigenvalue weighted by Gasteiger charge is 2.17. The lowest BCUT2D eigenvalue weighted by Gasteiger charge is -2.12. The first-order chi connectivity index (χ1) is 20.5. The summed E-state index contributed by atoms with van der Waals surface area (Å²) in [7, 11) is -7.43. The molecule has 46 heavy (non-hydrogen) atoms. The quantitative estimate of drug-likeness (QED) is 0.250. The molecule has 0 saturated heterocycles. The third-order valence-corrected chi connectivity index (χ3v) is 11.6. The summed E-state index contributed by atoms with van der Waals surface area (Å²) in [6.45, 7) is 9.23. The molecule has 3 aromatic rings. The Morgan fingerprint density at radius 2 is 0.978 bits per heavy atom. The van der Waals surface area contributed by atoms with E-state index in [0.717, 1.165) is 33.8 Å². The topological polar surface area (TPSA) is 198 Å². The standard InChI is InChI=1S/2C10H13N3OS.C9H11N3OS.2CH4/c2*1-8-4-5-10(6-12-8)9(2)15(3,14)13-7-11;1-8-3-4-9(5-11-8)6-14(2,13)12-7-10;;/h2*4-6,9H,1-3H3;3-5H,6H2,1-2H3;2*1H4. The van der Waals surface area contributed by atoms with Crippen LogP contribution in [0, 0.1) is 55.1 Å². The first-order valence-electron chi connectivity index (χ1n) is 13.0. The van der Waals surface area contributed by atoms with Gasteiger partial charge < -0.3 is 0 Å². The van der Waals surface area contributed by atoms with Gasteiger partial charge in [0, 0.05) is 54.4 Å². The lowest BCUT2D eigenvalue weighted by atomic mass is 10.2. The summed E-state index contributed by atoms with van der Waals surface area (Å²) in [5, 5.41) is 24.6. The molecule has 0 aliphatic carbocycles. The van der Waals surface area contributed by atoms with Crippen LogP contribution in [-0.2, 0) is 34.9 Å². The number of rotatable bonds is 6. The maximum atomic E-state index is 12.0. The van der Waals surface area contributed by atoms with Crippen molar-refractivity contribution in [3.8, 4) is 18.6 Å². The Bertz CT molecular complexity index is 1800. The van der Waals surface area contributed by atoms with E-state index in [4.69, 9.17) is 15.8 Å². The van der Waals surface area contributed by atoms with Gasteiger partial charge >= 0.3 is 0 Å². The Balaban J connectivity index is 0. The predicted molar refractivity (Wildman–Crippen MR) is 187 cm³/mol. The molecule has 0 spiro atoms. The summed E-state index contributed by atoms with van der Waals surface area (Å²) >= 11 is 0. The van der Waals surface area contributed by atoms with Crippen molar-refractivity contribution in [1.82, 2.24) is 15.0 Å². The highest BCUT2D eigenvalue weighted by molar-refractivity contribution is 7.93. The lowest BCUT2D eigenvalue weighted by molar-refractivity contribution is 0.672. The maximum absolute atomic E-state index is 12.0. The molecule has 15 heteroatoms. The summed E-state index contributed by atoms with van der Waals surface area (Å²) in [6, 6.07) is 11.1. The van der Waals surface area contributed by atoms with Gasteiger partial charge in [0.15, 0.2) is 0 Å². The van der Waals surface area contributed by atoms with Crippen molar-refractivity contribution in [3.05, 3.63) is 88.8 Å². The zero-order valence-corrected chi connectivity index (χ0v) is 28.5. The Morgan fingerprint density at radius 3 is 1.26 bits per heavy atom. The van der Waals surface area contributed by atoms with Gasteiger partial charge in [-0.2, -0.15) is 15.8 Å². The van der Waals surface area contributed by atoms with Gasteiger partial charge in [0.25, 0.3) is 0 Å². The summed E-state index contributed by atoms with van der Waals surface area (Å²) in [4.78, 5) is 12.3. The second kappa shape index (κ2) is 20.0. The molecule has 0 N–H and O–H groups in total. The van der Waals surface area contributed by atoms with Crippen molar-refractivity contribution >= 4 is 29.2 Å². The highest BCUT2D eigenvalue weighted by atomic mass is 32.2. The Kier molecular flexibility index (Phi) is 19.1. The minimum Gasteiger partial charge on any atom is -0.261 e. The maximum Gasteiger partial charge on any atom is 0.214 e. The average Bonchev–Trinajstić information content (AvgIpc) is 2.95. The van der Waals surface area contributed by atoms with Gasteiger partial charge in [0.2, 0.25) is 18.6 Å². The second-order valence-corrected chi connectivity index (χ2v) is 17.6. The van der Waals surface area contributed by atoms with Crippen LogP contribution in [0.1, 0.15) is 73.0 Å². The molecule has 0 radical (unpaired) electrons. The summed E-state index contributed by atoms with van der Waals surface area (Å²) in [5.74, 6) is 0.272. The molecule has 3 aromatic heterocycles. The van der Waals surface area contributed by atoms with Crippen molar-refractivity contribution in [2.75, 3.05) is 18.8 Å². The molecular weight excluding hydrogens is 643 g/mol. The number of aryl methyl sites for hydroxylation is 3. The third kappa shape index (κ3) is 15.2. The number of hydrogen-bond acceptors (Lipinski definition) is 12. The molecule has 0 aliphatic heterocycles. The van der Waals surface area contributed by atoms with Crippen LogP contribution >= 0.6 is 0 Å². The molecule has 0 saturated carbocycles. The number of aromatic nitrogens is 3. The van der Waals surface area contributed by atoms with Crippen LogP contribution in [0.3, 0.4) is 0 Å². The summed E-state index contributed by atoms with van der Waals surface area (Å²) in [6.07, 6.45) is 14.2. The van der Waals surface area contributed by atoms with Crippen molar-refractivity contribution < 1.29 is 12.6 Å². The molecule has 0 aliphatic rings. The van der Waals surface area contributed by atoms with E-state index in [-0.39, 0.29) is 31.1 Å². The monoisotopic (exact) mass is 687 g/mol. The van der Waals surface area contributed by atoms with Crippen LogP contribution in [0.4, 0.5) is 0 Å². The lowest BCUT2D eigenvalue weighted by Crippen LogP contribution is -2.07. The second-order valence-electron chi connectivity index (χ2n) is 9.96. The zero-order valence-electron chi connectivity index (χ0n) is 26.0. The summed E-state index contributed by atoms with van der Waals surface area (Å²) < 4.78 is 45.8. The molecule has 5 unspecified atom stereocenters. The molecule has 250 valence electrons. The zero-order chi connectivity index (χ0) is 33.6. The number of pyridine rings is 3. The smallest absolute Gasteiger partial charge is 0.214 e. The van der Waals surface area contributed by atoms with Gasteiger partial charge in [-0.3, -0.25) is 15.0 Å².